The Labute approximate surface area is 188 Å². The highest BCUT2D eigenvalue weighted by Crippen LogP contribution is 2.40. The van der Waals surface area contributed by atoms with Crippen molar-refractivity contribution in [1.29, 1.82) is 0 Å². The predicted molar refractivity (Wildman–Crippen MR) is 125 cm³/mol. The standard InChI is InChI=1S/C25H31N3O4/c1-14(11-12-15(2)29)16(3)28-13-19-17(7-5-8-18(19)25(28)31)22-24(32-4)26-20-9-6-10-21(30)23(20)27-22/h5-10,14-16,24,26,29-30H,11-13H2,1-4H3. The Morgan fingerprint density at radius 2 is 1.88 bits per heavy atom. The van der Waals surface area contributed by atoms with Crippen LogP contribution in [0, 0.1) is 5.92 Å². The first-order valence-corrected chi connectivity index (χ1v) is 11.1. The number of aliphatic hydroxyl groups is 1. The number of nitrogens with one attached hydrogen (secondary N) is 1. The molecule has 2 aromatic rings. The summed E-state index contributed by atoms with van der Waals surface area (Å²) < 4.78 is 5.66. The van der Waals surface area contributed by atoms with Crippen LogP contribution in [-0.2, 0) is 11.3 Å². The molecule has 1 amide bonds. The van der Waals surface area contributed by atoms with E-state index in [-0.39, 0.29) is 29.7 Å². The van der Waals surface area contributed by atoms with Crippen LogP contribution in [0.25, 0.3) is 0 Å². The van der Waals surface area contributed by atoms with Crippen LogP contribution >= 0.6 is 0 Å². The molecule has 0 saturated heterocycles. The van der Waals surface area contributed by atoms with Gasteiger partial charge in [0, 0.05) is 30.8 Å². The van der Waals surface area contributed by atoms with Crippen molar-refractivity contribution in [2.75, 3.05) is 12.4 Å². The molecule has 3 N–H and O–H groups in total. The minimum atomic E-state index is -0.498. The van der Waals surface area contributed by atoms with E-state index in [0.29, 0.717) is 35.6 Å². The molecule has 4 rings (SSSR count). The van der Waals surface area contributed by atoms with E-state index in [1.165, 1.54) is 0 Å². The van der Waals surface area contributed by atoms with Crippen LogP contribution in [0.4, 0.5) is 11.4 Å². The smallest absolute Gasteiger partial charge is 0.254 e. The first-order chi connectivity index (χ1) is 15.3. The number of ether oxygens (including phenoxy) is 1. The highest BCUT2D eigenvalue weighted by Gasteiger charge is 2.36. The lowest BCUT2D eigenvalue weighted by atomic mass is 9.95. The number of methoxy groups -OCH3 is 1. The molecule has 7 nitrogen and oxygen atoms in total. The summed E-state index contributed by atoms with van der Waals surface area (Å²) in [5.74, 6) is 0.364. The Balaban J connectivity index is 1.68. The van der Waals surface area contributed by atoms with Gasteiger partial charge in [-0.1, -0.05) is 25.1 Å². The minimum Gasteiger partial charge on any atom is -0.506 e. The average molecular weight is 438 g/mol. The summed E-state index contributed by atoms with van der Waals surface area (Å²) in [6, 6.07) is 10.9. The fourth-order valence-corrected chi connectivity index (χ4v) is 4.50. The molecule has 0 aliphatic carbocycles. The predicted octanol–water partition coefficient (Wildman–Crippen LogP) is 4.05. The van der Waals surface area contributed by atoms with Crippen LogP contribution < -0.4 is 5.32 Å². The summed E-state index contributed by atoms with van der Waals surface area (Å²) in [6.45, 7) is 6.48. The van der Waals surface area contributed by atoms with E-state index < -0.39 is 6.23 Å². The number of aliphatic hydroxyl groups excluding tert-OH is 1. The minimum absolute atomic E-state index is 0.0137. The Hall–Kier alpha value is -2.90. The van der Waals surface area contributed by atoms with Crippen LogP contribution in [-0.4, -0.2) is 52.2 Å². The summed E-state index contributed by atoms with van der Waals surface area (Å²) in [5, 5.41) is 23.2. The van der Waals surface area contributed by atoms with Gasteiger partial charge in [0.1, 0.15) is 11.4 Å². The number of hydrogen-bond acceptors (Lipinski definition) is 6. The molecule has 0 spiro atoms. The topological polar surface area (TPSA) is 94.4 Å². The molecule has 2 heterocycles. The van der Waals surface area contributed by atoms with Crippen molar-refractivity contribution in [2.45, 2.75) is 58.5 Å². The van der Waals surface area contributed by atoms with Crippen molar-refractivity contribution in [3.05, 3.63) is 53.1 Å². The third-order valence-electron chi connectivity index (χ3n) is 6.64. The molecule has 170 valence electrons. The lowest BCUT2D eigenvalue weighted by Gasteiger charge is -2.30. The van der Waals surface area contributed by atoms with E-state index >= 15 is 0 Å². The molecule has 7 heteroatoms. The maximum absolute atomic E-state index is 13.3. The van der Waals surface area contributed by atoms with Crippen molar-refractivity contribution < 1.29 is 19.7 Å². The summed E-state index contributed by atoms with van der Waals surface area (Å²) >= 11 is 0. The number of aliphatic imine (C=N–C) groups is 1. The maximum Gasteiger partial charge on any atom is 0.254 e. The van der Waals surface area contributed by atoms with Crippen molar-refractivity contribution in [3.63, 3.8) is 0 Å². The third kappa shape index (κ3) is 3.98. The van der Waals surface area contributed by atoms with Gasteiger partial charge in [0.2, 0.25) is 0 Å². The lowest BCUT2D eigenvalue weighted by Crippen LogP contribution is -2.38. The van der Waals surface area contributed by atoms with Gasteiger partial charge in [-0.2, -0.15) is 0 Å². The van der Waals surface area contributed by atoms with Gasteiger partial charge in [-0.05, 0) is 56.4 Å². The van der Waals surface area contributed by atoms with Crippen molar-refractivity contribution in [2.24, 2.45) is 10.9 Å². The molecule has 0 radical (unpaired) electrons. The number of nitrogens with zero attached hydrogens (tertiary/aromatic N) is 2. The average Bonchev–Trinajstić information content (AvgIpc) is 3.13. The molecule has 2 aliphatic rings. The fraction of sp³-hybridized carbons (Fsp3) is 0.440. The van der Waals surface area contributed by atoms with Gasteiger partial charge in [-0.25, -0.2) is 4.99 Å². The quantitative estimate of drug-likeness (QED) is 0.607. The zero-order valence-electron chi connectivity index (χ0n) is 19.0. The number of benzene rings is 2. The highest BCUT2D eigenvalue weighted by atomic mass is 16.5. The first kappa shape index (κ1) is 22.3. The number of anilines is 1. The second-order valence-corrected chi connectivity index (χ2v) is 8.84. The number of phenolic OH excluding ortho intramolecular Hbond substituents is 1. The third-order valence-corrected chi connectivity index (χ3v) is 6.64. The second-order valence-electron chi connectivity index (χ2n) is 8.84. The van der Waals surface area contributed by atoms with Crippen molar-refractivity contribution in [1.82, 2.24) is 4.90 Å². The van der Waals surface area contributed by atoms with E-state index in [9.17, 15) is 15.0 Å². The van der Waals surface area contributed by atoms with Crippen LogP contribution in [0.2, 0.25) is 0 Å². The van der Waals surface area contributed by atoms with Gasteiger partial charge >= 0.3 is 0 Å². The molecule has 0 saturated carbocycles. The number of rotatable bonds is 7. The molecular weight excluding hydrogens is 406 g/mol. The molecule has 0 bridgehead atoms. The van der Waals surface area contributed by atoms with Crippen LogP contribution in [0.15, 0.2) is 41.4 Å². The van der Waals surface area contributed by atoms with E-state index in [1.54, 1.807) is 26.2 Å². The number of aromatic hydroxyl groups is 1. The van der Waals surface area contributed by atoms with Gasteiger partial charge in [0.25, 0.3) is 5.91 Å². The number of carbonyl (C=O) groups excluding carboxylic acids is 1. The van der Waals surface area contributed by atoms with Crippen molar-refractivity contribution >= 4 is 23.0 Å². The molecule has 2 aliphatic heterocycles. The first-order valence-electron chi connectivity index (χ1n) is 11.1. The maximum atomic E-state index is 13.3. The van der Waals surface area contributed by atoms with Gasteiger partial charge in [0.15, 0.2) is 6.23 Å². The molecular formula is C25H31N3O4. The van der Waals surface area contributed by atoms with Crippen LogP contribution in [0.1, 0.15) is 55.1 Å². The zero-order valence-corrected chi connectivity index (χ0v) is 19.0. The summed E-state index contributed by atoms with van der Waals surface area (Å²) in [6.07, 6.45) is 0.726. The molecule has 32 heavy (non-hydrogen) atoms. The normalized spacial score (nSPS) is 20.2. The number of amides is 1. The summed E-state index contributed by atoms with van der Waals surface area (Å²) in [5.41, 5.74) is 4.26. The van der Waals surface area contributed by atoms with Crippen molar-refractivity contribution in [3.8, 4) is 5.75 Å². The lowest BCUT2D eigenvalue weighted by molar-refractivity contribution is 0.0647. The van der Waals surface area contributed by atoms with Gasteiger partial charge in [0.05, 0.1) is 17.5 Å². The number of para-hydroxylation sites is 1. The molecule has 0 aromatic heterocycles. The van der Waals surface area contributed by atoms with Gasteiger partial charge in [-0.15, -0.1) is 0 Å². The van der Waals surface area contributed by atoms with E-state index in [2.05, 4.69) is 19.2 Å². The second kappa shape index (κ2) is 8.92. The Morgan fingerprint density at radius 1 is 1.16 bits per heavy atom. The summed E-state index contributed by atoms with van der Waals surface area (Å²) in [4.78, 5) is 19.9. The van der Waals surface area contributed by atoms with Crippen LogP contribution in [0.3, 0.4) is 0 Å². The van der Waals surface area contributed by atoms with Gasteiger partial charge in [-0.3, -0.25) is 4.79 Å². The largest absolute Gasteiger partial charge is 0.506 e. The Bertz CT molecular complexity index is 1050. The molecule has 0 fully saturated rings. The van der Waals surface area contributed by atoms with E-state index in [1.807, 2.05) is 29.2 Å². The molecule has 4 atom stereocenters. The highest BCUT2D eigenvalue weighted by molar-refractivity contribution is 6.12. The van der Waals surface area contributed by atoms with E-state index in [4.69, 9.17) is 9.73 Å². The molecule has 2 aromatic carbocycles. The SMILES string of the molecule is COC1Nc2cccc(O)c2N=C1c1cccc2c1CN(C(C)C(C)CCC(C)O)C2=O. The monoisotopic (exact) mass is 437 g/mol. The number of hydrogen-bond donors (Lipinski definition) is 3. The van der Waals surface area contributed by atoms with Crippen LogP contribution in [0.5, 0.6) is 5.75 Å². The molecule has 4 unspecified atom stereocenters. The number of fused-ring (bicyclic) bond motifs is 2. The summed E-state index contributed by atoms with van der Waals surface area (Å²) in [7, 11) is 1.60. The Kier molecular flexibility index (Phi) is 6.22. The number of carbonyl (C=O) groups is 1. The zero-order chi connectivity index (χ0) is 23.0. The van der Waals surface area contributed by atoms with E-state index in [0.717, 1.165) is 17.5 Å². The Morgan fingerprint density at radius 3 is 2.59 bits per heavy atom. The number of phenols is 1. The fourth-order valence-electron chi connectivity index (χ4n) is 4.50. The van der Waals surface area contributed by atoms with Gasteiger partial charge < -0.3 is 25.2 Å².